The Morgan fingerprint density at radius 3 is 2.55 bits per heavy atom. The first-order valence-electron chi connectivity index (χ1n) is 6.54. The lowest BCUT2D eigenvalue weighted by molar-refractivity contribution is 0.111. The summed E-state index contributed by atoms with van der Waals surface area (Å²) in [6.07, 6.45) is 0.540. The van der Waals surface area contributed by atoms with Gasteiger partial charge in [0.05, 0.1) is 5.69 Å². The number of aromatic nitrogens is 3. The topological polar surface area (TPSA) is 47.8 Å². The average molecular weight is 299 g/mol. The standard InChI is InChI=1S/C16H11F2N3O/c1-10-4-2-3-5-15(10)21-16(14(9-22)19-20-21)11-6-7-12(17)13(18)8-11/h2-9H,1H3. The Morgan fingerprint density at radius 2 is 1.86 bits per heavy atom. The third-order valence-corrected chi connectivity index (χ3v) is 3.34. The zero-order chi connectivity index (χ0) is 15.7. The summed E-state index contributed by atoms with van der Waals surface area (Å²) in [5, 5.41) is 7.78. The van der Waals surface area contributed by atoms with Crippen molar-refractivity contribution in [1.82, 2.24) is 15.0 Å². The summed E-state index contributed by atoms with van der Waals surface area (Å²) in [5.74, 6) is -1.95. The second-order valence-corrected chi connectivity index (χ2v) is 4.77. The van der Waals surface area contributed by atoms with E-state index in [4.69, 9.17) is 0 Å². The first-order chi connectivity index (χ1) is 10.6. The van der Waals surface area contributed by atoms with Crippen LogP contribution in [0.4, 0.5) is 8.78 Å². The highest BCUT2D eigenvalue weighted by Crippen LogP contribution is 2.27. The van der Waals surface area contributed by atoms with E-state index < -0.39 is 11.6 Å². The molecule has 22 heavy (non-hydrogen) atoms. The fourth-order valence-electron chi connectivity index (χ4n) is 2.26. The van der Waals surface area contributed by atoms with Crippen molar-refractivity contribution in [1.29, 1.82) is 0 Å². The van der Waals surface area contributed by atoms with Gasteiger partial charge in [0.2, 0.25) is 0 Å². The van der Waals surface area contributed by atoms with Gasteiger partial charge in [-0.2, -0.15) is 0 Å². The molecule has 0 amide bonds. The normalized spacial score (nSPS) is 10.7. The summed E-state index contributed by atoms with van der Waals surface area (Å²) in [6, 6.07) is 10.8. The van der Waals surface area contributed by atoms with Gasteiger partial charge in [0.25, 0.3) is 0 Å². The van der Waals surface area contributed by atoms with Crippen LogP contribution in [0.5, 0.6) is 0 Å². The molecular formula is C16H11F2N3O. The quantitative estimate of drug-likeness (QED) is 0.697. The fourth-order valence-corrected chi connectivity index (χ4v) is 2.26. The van der Waals surface area contributed by atoms with Gasteiger partial charge in [0, 0.05) is 5.56 Å². The van der Waals surface area contributed by atoms with Crippen molar-refractivity contribution in [3.05, 3.63) is 65.4 Å². The lowest BCUT2D eigenvalue weighted by Crippen LogP contribution is -2.02. The van der Waals surface area contributed by atoms with Crippen molar-refractivity contribution in [2.75, 3.05) is 0 Å². The first kappa shape index (κ1) is 14.1. The number of hydrogen-bond acceptors (Lipinski definition) is 3. The Kier molecular flexibility index (Phi) is 3.50. The molecule has 0 spiro atoms. The van der Waals surface area contributed by atoms with Gasteiger partial charge in [0.1, 0.15) is 5.69 Å². The highest BCUT2D eigenvalue weighted by Gasteiger charge is 2.18. The lowest BCUT2D eigenvalue weighted by Gasteiger charge is -2.09. The smallest absolute Gasteiger partial charge is 0.172 e. The minimum atomic E-state index is -0.994. The van der Waals surface area contributed by atoms with Gasteiger partial charge in [-0.3, -0.25) is 4.79 Å². The van der Waals surface area contributed by atoms with E-state index in [-0.39, 0.29) is 5.69 Å². The SMILES string of the molecule is Cc1ccccc1-n1nnc(C=O)c1-c1ccc(F)c(F)c1. The molecule has 0 saturated carbocycles. The van der Waals surface area contributed by atoms with Gasteiger partial charge in [0.15, 0.2) is 23.6 Å². The Hall–Kier alpha value is -2.89. The predicted molar refractivity (Wildman–Crippen MR) is 76.8 cm³/mol. The molecule has 0 aliphatic heterocycles. The first-order valence-corrected chi connectivity index (χ1v) is 6.54. The molecule has 1 heterocycles. The molecule has 4 nitrogen and oxygen atoms in total. The fraction of sp³-hybridized carbons (Fsp3) is 0.0625. The summed E-state index contributed by atoms with van der Waals surface area (Å²) in [6.45, 7) is 1.88. The molecule has 2 aromatic carbocycles. The molecule has 0 aliphatic rings. The molecule has 0 radical (unpaired) electrons. The average Bonchev–Trinajstić information content (AvgIpc) is 2.94. The third-order valence-electron chi connectivity index (χ3n) is 3.34. The number of para-hydroxylation sites is 1. The Balaban J connectivity index is 2.26. The molecule has 0 unspecified atom stereocenters. The molecule has 3 aromatic rings. The third kappa shape index (κ3) is 2.28. The zero-order valence-corrected chi connectivity index (χ0v) is 11.6. The van der Waals surface area contributed by atoms with E-state index in [9.17, 15) is 13.6 Å². The van der Waals surface area contributed by atoms with E-state index in [1.165, 1.54) is 10.7 Å². The number of nitrogens with zero attached hydrogens (tertiary/aromatic N) is 3. The van der Waals surface area contributed by atoms with E-state index in [2.05, 4.69) is 10.3 Å². The second kappa shape index (κ2) is 5.48. The maximum Gasteiger partial charge on any atom is 0.172 e. The highest BCUT2D eigenvalue weighted by molar-refractivity contribution is 5.84. The van der Waals surface area contributed by atoms with Crippen molar-refractivity contribution >= 4 is 6.29 Å². The number of carbonyl (C=O) groups is 1. The molecule has 1 aromatic heterocycles. The molecule has 0 fully saturated rings. The molecule has 110 valence electrons. The molecule has 6 heteroatoms. The summed E-state index contributed by atoms with van der Waals surface area (Å²) in [7, 11) is 0. The van der Waals surface area contributed by atoms with Crippen LogP contribution in [0.2, 0.25) is 0 Å². The van der Waals surface area contributed by atoms with Crippen molar-refractivity contribution in [2.24, 2.45) is 0 Å². The van der Waals surface area contributed by atoms with Gasteiger partial charge in [-0.25, -0.2) is 13.5 Å². The highest BCUT2D eigenvalue weighted by atomic mass is 19.2. The summed E-state index contributed by atoms with van der Waals surface area (Å²) in [5.41, 5.74) is 2.34. The number of carbonyl (C=O) groups excluding carboxylic acids is 1. The summed E-state index contributed by atoms with van der Waals surface area (Å²) < 4.78 is 28.1. The number of hydrogen-bond donors (Lipinski definition) is 0. The van der Waals surface area contributed by atoms with Crippen molar-refractivity contribution < 1.29 is 13.6 Å². The molecular weight excluding hydrogens is 288 g/mol. The van der Waals surface area contributed by atoms with Crippen LogP contribution in [0, 0.1) is 18.6 Å². The van der Waals surface area contributed by atoms with Crippen LogP contribution < -0.4 is 0 Å². The van der Waals surface area contributed by atoms with Crippen LogP contribution in [-0.2, 0) is 0 Å². The zero-order valence-electron chi connectivity index (χ0n) is 11.6. The summed E-state index contributed by atoms with van der Waals surface area (Å²) in [4.78, 5) is 11.2. The van der Waals surface area contributed by atoms with Gasteiger partial charge < -0.3 is 0 Å². The van der Waals surface area contributed by atoms with E-state index in [0.717, 1.165) is 17.7 Å². The molecule has 0 atom stereocenters. The monoisotopic (exact) mass is 299 g/mol. The number of benzene rings is 2. The van der Waals surface area contributed by atoms with Crippen LogP contribution >= 0.6 is 0 Å². The van der Waals surface area contributed by atoms with E-state index in [1.807, 2.05) is 31.2 Å². The van der Waals surface area contributed by atoms with Crippen LogP contribution in [0.15, 0.2) is 42.5 Å². The summed E-state index contributed by atoms with van der Waals surface area (Å²) >= 11 is 0. The minimum absolute atomic E-state index is 0.0641. The van der Waals surface area contributed by atoms with Gasteiger partial charge in [-0.15, -0.1) is 5.10 Å². The molecule has 0 N–H and O–H groups in total. The number of aryl methyl sites for hydroxylation is 1. The van der Waals surface area contributed by atoms with Crippen molar-refractivity contribution in [2.45, 2.75) is 6.92 Å². The predicted octanol–water partition coefficient (Wildman–Crippen LogP) is 3.33. The lowest BCUT2D eigenvalue weighted by atomic mass is 10.1. The van der Waals surface area contributed by atoms with Crippen LogP contribution in [0.1, 0.15) is 16.1 Å². The molecule has 0 saturated heterocycles. The van der Waals surface area contributed by atoms with Crippen molar-refractivity contribution in [3.8, 4) is 16.9 Å². The molecule has 0 aliphatic carbocycles. The maximum absolute atomic E-state index is 13.5. The number of aldehydes is 1. The van der Waals surface area contributed by atoms with E-state index >= 15 is 0 Å². The van der Waals surface area contributed by atoms with Gasteiger partial charge in [-0.05, 0) is 36.8 Å². The molecule has 3 rings (SSSR count). The Labute approximate surface area is 125 Å². The number of halogens is 2. The largest absolute Gasteiger partial charge is 0.296 e. The number of rotatable bonds is 3. The minimum Gasteiger partial charge on any atom is -0.296 e. The molecule has 0 bridgehead atoms. The Morgan fingerprint density at radius 1 is 1.09 bits per heavy atom. The van der Waals surface area contributed by atoms with E-state index in [1.54, 1.807) is 0 Å². The van der Waals surface area contributed by atoms with Gasteiger partial charge >= 0.3 is 0 Å². The maximum atomic E-state index is 13.5. The van der Waals surface area contributed by atoms with Crippen LogP contribution in [-0.4, -0.2) is 21.3 Å². The van der Waals surface area contributed by atoms with Crippen molar-refractivity contribution in [3.63, 3.8) is 0 Å². The van der Waals surface area contributed by atoms with Crippen LogP contribution in [0.25, 0.3) is 16.9 Å². The second-order valence-electron chi connectivity index (χ2n) is 4.77. The van der Waals surface area contributed by atoms with Gasteiger partial charge in [-0.1, -0.05) is 23.4 Å². The van der Waals surface area contributed by atoms with E-state index in [0.29, 0.717) is 23.2 Å². The Bertz CT molecular complexity index is 858. The van der Waals surface area contributed by atoms with Crippen LogP contribution in [0.3, 0.4) is 0 Å².